The summed E-state index contributed by atoms with van der Waals surface area (Å²) in [4.78, 5) is 21.0. The van der Waals surface area contributed by atoms with Crippen molar-refractivity contribution in [2.45, 2.75) is 17.5 Å². The number of hydrogen-bond acceptors (Lipinski definition) is 8. The molecule has 0 aliphatic rings. The van der Waals surface area contributed by atoms with Crippen LogP contribution in [0.4, 0.5) is 0 Å². The first-order chi connectivity index (χ1) is 17.1. The van der Waals surface area contributed by atoms with E-state index in [0.29, 0.717) is 44.8 Å². The molecule has 0 saturated heterocycles. The van der Waals surface area contributed by atoms with Gasteiger partial charge in [-0.25, -0.2) is 4.98 Å². The molecular formula is C23H16Cl2N6O2S2. The summed E-state index contributed by atoms with van der Waals surface area (Å²) in [6.07, 6.45) is 4.98. The maximum Gasteiger partial charge on any atom is 0.271 e. The number of carbonyl (C=O) groups excluding carboxylic acids is 1. The number of nitrogens with zero attached hydrogens (tertiary/aromatic N) is 5. The maximum atomic E-state index is 12.5. The predicted octanol–water partition coefficient (Wildman–Crippen LogP) is 5.91. The van der Waals surface area contributed by atoms with Crippen LogP contribution >= 0.6 is 46.3 Å². The van der Waals surface area contributed by atoms with Gasteiger partial charge in [-0.3, -0.25) is 14.3 Å². The Hall–Kier alpha value is -3.18. The van der Waals surface area contributed by atoms with E-state index in [1.54, 1.807) is 42.2 Å². The highest BCUT2D eigenvalue weighted by Gasteiger charge is 2.20. The minimum Gasteiger partial charge on any atom is -0.461 e. The Balaban J connectivity index is 1.32. The van der Waals surface area contributed by atoms with Crippen molar-refractivity contribution in [2.24, 2.45) is 0 Å². The number of nitrogens with one attached hydrogen (secondary N) is 1. The normalized spacial score (nSPS) is 11.0. The van der Waals surface area contributed by atoms with Crippen molar-refractivity contribution in [3.63, 3.8) is 0 Å². The summed E-state index contributed by atoms with van der Waals surface area (Å²) in [5, 5.41) is 15.5. The van der Waals surface area contributed by atoms with Gasteiger partial charge in [-0.05, 0) is 42.0 Å². The molecule has 1 N–H and O–H groups in total. The number of carbonyl (C=O) groups is 1. The van der Waals surface area contributed by atoms with Crippen LogP contribution in [0.2, 0.25) is 10.0 Å². The highest BCUT2D eigenvalue weighted by Crippen LogP contribution is 2.33. The summed E-state index contributed by atoms with van der Waals surface area (Å²) in [5.74, 6) is 1.36. The van der Waals surface area contributed by atoms with Gasteiger partial charge in [0.15, 0.2) is 10.9 Å². The van der Waals surface area contributed by atoms with E-state index < -0.39 is 0 Å². The van der Waals surface area contributed by atoms with Crippen molar-refractivity contribution in [1.29, 1.82) is 0 Å². The van der Waals surface area contributed by atoms with Gasteiger partial charge in [-0.1, -0.05) is 41.0 Å². The molecule has 5 rings (SSSR count). The van der Waals surface area contributed by atoms with E-state index in [-0.39, 0.29) is 5.91 Å². The molecular weight excluding hydrogens is 527 g/mol. The summed E-state index contributed by atoms with van der Waals surface area (Å²) < 4.78 is 7.39. The molecule has 176 valence electrons. The molecule has 8 nitrogen and oxygen atoms in total. The molecule has 0 spiro atoms. The third kappa shape index (κ3) is 5.40. The second-order valence-electron chi connectivity index (χ2n) is 7.18. The lowest BCUT2D eigenvalue weighted by Crippen LogP contribution is -2.23. The first-order valence-electron chi connectivity index (χ1n) is 10.3. The number of aromatic nitrogens is 5. The van der Waals surface area contributed by atoms with Gasteiger partial charge in [0.2, 0.25) is 5.82 Å². The lowest BCUT2D eigenvalue weighted by atomic mass is 10.3. The van der Waals surface area contributed by atoms with Crippen LogP contribution in [0.3, 0.4) is 0 Å². The summed E-state index contributed by atoms with van der Waals surface area (Å²) in [7, 11) is 0. The van der Waals surface area contributed by atoms with E-state index in [4.69, 9.17) is 27.6 Å². The van der Waals surface area contributed by atoms with Gasteiger partial charge in [0.1, 0.15) is 10.7 Å². The zero-order chi connectivity index (χ0) is 24.2. The van der Waals surface area contributed by atoms with E-state index in [1.165, 1.54) is 23.1 Å². The molecule has 0 bridgehead atoms. The predicted molar refractivity (Wildman–Crippen MR) is 136 cm³/mol. The van der Waals surface area contributed by atoms with Crippen LogP contribution in [0, 0.1) is 0 Å². The fraction of sp³-hybridized carbons (Fsp3) is 0.0870. The summed E-state index contributed by atoms with van der Waals surface area (Å²) in [6, 6.07) is 12.6. The van der Waals surface area contributed by atoms with E-state index in [1.807, 2.05) is 28.8 Å². The molecule has 0 aliphatic heterocycles. The molecule has 4 aromatic heterocycles. The number of furan rings is 1. The van der Waals surface area contributed by atoms with Gasteiger partial charge in [0.25, 0.3) is 5.91 Å². The SMILES string of the molecule is O=C(NCc1cccnc1)c1csc(CSc2nnc(-c3ccco3)n2-c2ccc(Cl)c(Cl)c2)n1. The van der Waals surface area contributed by atoms with Gasteiger partial charge in [-0.15, -0.1) is 21.5 Å². The summed E-state index contributed by atoms with van der Waals surface area (Å²) in [5.41, 5.74) is 2.03. The highest BCUT2D eigenvalue weighted by molar-refractivity contribution is 7.98. The third-order valence-corrected chi connectivity index (χ3v) is 7.53. The lowest BCUT2D eigenvalue weighted by molar-refractivity contribution is 0.0946. The van der Waals surface area contributed by atoms with Gasteiger partial charge >= 0.3 is 0 Å². The highest BCUT2D eigenvalue weighted by atomic mass is 35.5. The van der Waals surface area contributed by atoms with Crippen LogP contribution in [0.5, 0.6) is 0 Å². The van der Waals surface area contributed by atoms with Gasteiger partial charge < -0.3 is 9.73 Å². The van der Waals surface area contributed by atoms with Crippen LogP contribution in [0.25, 0.3) is 17.3 Å². The van der Waals surface area contributed by atoms with Gasteiger partial charge in [0.05, 0.1) is 27.7 Å². The van der Waals surface area contributed by atoms with Crippen LogP contribution in [-0.4, -0.2) is 30.6 Å². The number of amides is 1. The minimum atomic E-state index is -0.236. The second-order valence-corrected chi connectivity index (χ2v) is 9.88. The topological polar surface area (TPSA) is 98.7 Å². The molecule has 5 aromatic rings. The Labute approximate surface area is 218 Å². The molecule has 35 heavy (non-hydrogen) atoms. The van der Waals surface area contributed by atoms with Crippen LogP contribution < -0.4 is 5.32 Å². The zero-order valence-corrected chi connectivity index (χ0v) is 21.0. The van der Waals surface area contributed by atoms with E-state index in [2.05, 4.69) is 25.5 Å². The fourth-order valence-corrected chi connectivity index (χ4v) is 5.21. The quantitative estimate of drug-likeness (QED) is 0.243. The lowest BCUT2D eigenvalue weighted by Gasteiger charge is -2.10. The molecule has 0 atom stereocenters. The van der Waals surface area contributed by atoms with Crippen molar-refractivity contribution in [2.75, 3.05) is 0 Å². The standard InChI is InChI=1S/C23H16Cl2N6O2S2/c24-16-6-5-15(9-17(16)25)31-21(19-4-2-8-33-19)29-30-23(31)35-13-20-28-18(12-34-20)22(32)27-11-14-3-1-7-26-10-14/h1-10,12H,11,13H2,(H,27,32). The number of hydrogen-bond donors (Lipinski definition) is 1. The first-order valence-corrected chi connectivity index (χ1v) is 12.9. The monoisotopic (exact) mass is 542 g/mol. The molecule has 0 unspecified atom stereocenters. The number of rotatable bonds is 8. The minimum absolute atomic E-state index is 0.236. The molecule has 12 heteroatoms. The number of benzene rings is 1. The molecule has 4 heterocycles. The van der Waals surface area contributed by atoms with E-state index in [0.717, 1.165) is 16.3 Å². The van der Waals surface area contributed by atoms with Crippen LogP contribution in [0.15, 0.2) is 76.1 Å². The molecule has 0 aliphatic carbocycles. The number of thioether (sulfide) groups is 1. The van der Waals surface area contributed by atoms with Crippen LogP contribution in [0.1, 0.15) is 21.1 Å². The van der Waals surface area contributed by atoms with Crippen molar-refractivity contribution in [1.82, 2.24) is 30.0 Å². The first kappa shape index (κ1) is 23.6. The third-order valence-electron chi connectivity index (χ3n) is 4.82. The number of thiazole rings is 1. The maximum absolute atomic E-state index is 12.5. The summed E-state index contributed by atoms with van der Waals surface area (Å²) in [6.45, 7) is 0.386. The summed E-state index contributed by atoms with van der Waals surface area (Å²) >= 11 is 15.2. The van der Waals surface area contributed by atoms with Crippen LogP contribution in [-0.2, 0) is 12.3 Å². The molecule has 0 saturated carbocycles. The zero-order valence-electron chi connectivity index (χ0n) is 17.9. The van der Waals surface area contributed by atoms with Crippen molar-refractivity contribution in [3.05, 3.63) is 92.8 Å². The Bertz CT molecular complexity index is 1450. The van der Waals surface area contributed by atoms with Gasteiger partial charge in [-0.2, -0.15) is 0 Å². The van der Waals surface area contributed by atoms with Gasteiger partial charge in [0, 0.05) is 24.3 Å². The van der Waals surface area contributed by atoms with Crippen molar-refractivity contribution < 1.29 is 9.21 Å². The Morgan fingerprint density at radius 2 is 2.06 bits per heavy atom. The van der Waals surface area contributed by atoms with E-state index >= 15 is 0 Å². The van der Waals surface area contributed by atoms with E-state index in [9.17, 15) is 4.79 Å². The fourth-order valence-electron chi connectivity index (χ4n) is 3.17. The van der Waals surface area contributed by atoms with Crippen molar-refractivity contribution >= 4 is 52.2 Å². The number of pyridine rings is 1. The Kier molecular flexibility index (Phi) is 7.14. The molecule has 1 aromatic carbocycles. The second kappa shape index (κ2) is 10.6. The smallest absolute Gasteiger partial charge is 0.271 e. The average Bonchev–Trinajstić information content (AvgIpc) is 3.64. The molecule has 0 radical (unpaired) electrons. The van der Waals surface area contributed by atoms with Crippen molar-refractivity contribution in [3.8, 4) is 17.3 Å². The number of halogens is 2. The molecule has 0 fully saturated rings. The Morgan fingerprint density at radius 1 is 1.14 bits per heavy atom. The average molecular weight is 543 g/mol. The Morgan fingerprint density at radius 3 is 2.83 bits per heavy atom. The molecule has 1 amide bonds. The largest absolute Gasteiger partial charge is 0.461 e.